The monoisotopic (exact) mass is 274 g/mol. The molecule has 5 heteroatoms. The molecule has 0 aliphatic rings. The molecule has 2 rings (SSSR count). The highest BCUT2D eigenvalue weighted by atomic mass is 16.5. The van der Waals surface area contributed by atoms with Crippen molar-refractivity contribution in [2.24, 2.45) is 0 Å². The summed E-state index contributed by atoms with van der Waals surface area (Å²) in [5, 5.41) is 7.64. The number of hydrogen-bond acceptors (Lipinski definition) is 4. The summed E-state index contributed by atoms with van der Waals surface area (Å²) in [6.45, 7) is 4.78. The number of nitrogens with one attached hydrogen (secondary N) is 1. The minimum absolute atomic E-state index is 0.774. The van der Waals surface area contributed by atoms with E-state index in [4.69, 9.17) is 4.74 Å². The molecule has 108 valence electrons. The quantitative estimate of drug-likeness (QED) is 0.748. The molecule has 0 saturated heterocycles. The van der Waals surface area contributed by atoms with Crippen molar-refractivity contribution in [1.82, 2.24) is 20.1 Å². The smallest absolute Gasteiger partial charge is 0.140 e. The molecule has 1 N–H and O–H groups in total. The van der Waals surface area contributed by atoms with E-state index < -0.39 is 0 Å². The maximum Gasteiger partial charge on any atom is 0.140 e. The van der Waals surface area contributed by atoms with Crippen LogP contribution in [-0.4, -0.2) is 28.4 Å². The molecule has 0 aliphatic heterocycles. The van der Waals surface area contributed by atoms with E-state index in [1.54, 1.807) is 13.4 Å². The lowest BCUT2D eigenvalue weighted by atomic mass is 10.1. The molecule has 2 aromatic rings. The van der Waals surface area contributed by atoms with Crippen LogP contribution in [0, 0.1) is 0 Å². The topological polar surface area (TPSA) is 52.0 Å². The zero-order chi connectivity index (χ0) is 14.2. The van der Waals surface area contributed by atoms with Gasteiger partial charge in [0.2, 0.25) is 0 Å². The Kier molecular flexibility index (Phi) is 5.55. The second kappa shape index (κ2) is 7.65. The number of nitrogens with zero attached hydrogens (tertiary/aromatic N) is 3. The summed E-state index contributed by atoms with van der Waals surface area (Å²) in [5.74, 6) is 1.88. The molecule has 0 fully saturated rings. The molecule has 1 aromatic heterocycles. The van der Waals surface area contributed by atoms with Crippen molar-refractivity contribution in [3.8, 4) is 5.75 Å². The van der Waals surface area contributed by atoms with E-state index >= 15 is 0 Å². The van der Waals surface area contributed by atoms with Crippen LogP contribution in [0.25, 0.3) is 0 Å². The summed E-state index contributed by atoms with van der Waals surface area (Å²) < 4.78 is 7.12. The summed E-state index contributed by atoms with van der Waals surface area (Å²) in [4.78, 5) is 4.30. The van der Waals surface area contributed by atoms with E-state index in [1.165, 1.54) is 5.56 Å². The molecular weight excluding hydrogens is 252 g/mol. The SMILES string of the molecule is CCCNCc1ncnn1CCc1ccc(OC)cc1. The van der Waals surface area contributed by atoms with Gasteiger partial charge in [0.1, 0.15) is 17.9 Å². The first-order valence-corrected chi connectivity index (χ1v) is 7.03. The lowest BCUT2D eigenvalue weighted by Gasteiger charge is -2.07. The molecule has 1 aromatic carbocycles. The van der Waals surface area contributed by atoms with Crippen molar-refractivity contribution < 1.29 is 4.74 Å². The molecule has 0 radical (unpaired) electrons. The van der Waals surface area contributed by atoms with Gasteiger partial charge < -0.3 is 10.1 Å². The van der Waals surface area contributed by atoms with Crippen LogP contribution >= 0.6 is 0 Å². The van der Waals surface area contributed by atoms with Crippen molar-refractivity contribution in [3.05, 3.63) is 42.0 Å². The molecule has 1 heterocycles. The van der Waals surface area contributed by atoms with Crippen LogP contribution in [0.4, 0.5) is 0 Å². The number of hydrogen-bond donors (Lipinski definition) is 1. The number of methoxy groups -OCH3 is 1. The van der Waals surface area contributed by atoms with Crippen LogP contribution in [0.1, 0.15) is 24.7 Å². The van der Waals surface area contributed by atoms with E-state index in [0.717, 1.165) is 44.0 Å². The summed E-state index contributed by atoms with van der Waals surface area (Å²) >= 11 is 0. The molecule has 0 amide bonds. The van der Waals surface area contributed by atoms with E-state index in [2.05, 4.69) is 34.5 Å². The Morgan fingerprint density at radius 2 is 2.05 bits per heavy atom. The molecule has 5 nitrogen and oxygen atoms in total. The Balaban J connectivity index is 1.88. The lowest BCUT2D eigenvalue weighted by Crippen LogP contribution is -2.18. The average Bonchev–Trinajstić information content (AvgIpc) is 2.93. The summed E-state index contributed by atoms with van der Waals surface area (Å²) in [7, 11) is 1.68. The van der Waals surface area contributed by atoms with Crippen molar-refractivity contribution >= 4 is 0 Å². The third kappa shape index (κ3) is 4.06. The fourth-order valence-electron chi connectivity index (χ4n) is 2.02. The summed E-state index contributed by atoms with van der Waals surface area (Å²) in [6.07, 6.45) is 3.69. The normalized spacial score (nSPS) is 10.7. The summed E-state index contributed by atoms with van der Waals surface area (Å²) in [6, 6.07) is 8.15. The predicted molar refractivity (Wildman–Crippen MR) is 78.7 cm³/mol. The molecule has 0 atom stereocenters. The van der Waals surface area contributed by atoms with Gasteiger partial charge in [0.05, 0.1) is 13.7 Å². The third-order valence-electron chi connectivity index (χ3n) is 3.18. The first kappa shape index (κ1) is 14.5. The van der Waals surface area contributed by atoms with Crippen molar-refractivity contribution in [3.63, 3.8) is 0 Å². The molecule has 20 heavy (non-hydrogen) atoms. The second-order valence-corrected chi connectivity index (χ2v) is 4.67. The number of benzene rings is 1. The first-order chi connectivity index (χ1) is 9.83. The first-order valence-electron chi connectivity index (χ1n) is 7.03. The van der Waals surface area contributed by atoms with Gasteiger partial charge in [-0.25, -0.2) is 9.67 Å². The molecule has 0 aliphatic carbocycles. The van der Waals surface area contributed by atoms with Gasteiger partial charge in [-0.15, -0.1) is 0 Å². The van der Waals surface area contributed by atoms with Crippen LogP contribution in [-0.2, 0) is 19.5 Å². The van der Waals surface area contributed by atoms with E-state index in [-0.39, 0.29) is 0 Å². The largest absolute Gasteiger partial charge is 0.497 e. The molecule has 0 spiro atoms. The fraction of sp³-hybridized carbons (Fsp3) is 0.467. The zero-order valence-corrected chi connectivity index (χ0v) is 12.2. The van der Waals surface area contributed by atoms with E-state index in [0.29, 0.717) is 0 Å². The molecular formula is C15H22N4O. The lowest BCUT2D eigenvalue weighted by molar-refractivity contribution is 0.414. The van der Waals surface area contributed by atoms with Crippen LogP contribution in [0.3, 0.4) is 0 Å². The van der Waals surface area contributed by atoms with Gasteiger partial charge in [0, 0.05) is 6.54 Å². The Labute approximate surface area is 120 Å². The Morgan fingerprint density at radius 1 is 1.25 bits per heavy atom. The van der Waals surface area contributed by atoms with Crippen LogP contribution in [0.15, 0.2) is 30.6 Å². The minimum Gasteiger partial charge on any atom is -0.497 e. The van der Waals surface area contributed by atoms with Gasteiger partial charge in [-0.1, -0.05) is 19.1 Å². The fourth-order valence-corrected chi connectivity index (χ4v) is 2.02. The minimum atomic E-state index is 0.774. The van der Waals surface area contributed by atoms with Crippen molar-refractivity contribution in [1.29, 1.82) is 0 Å². The molecule has 0 bridgehead atoms. The summed E-state index contributed by atoms with van der Waals surface area (Å²) in [5.41, 5.74) is 1.27. The predicted octanol–water partition coefficient (Wildman–Crippen LogP) is 2.03. The van der Waals surface area contributed by atoms with Gasteiger partial charge in [-0.2, -0.15) is 5.10 Å². The Hall–Kier alpha value is -1.88. The van der Waals surface area contributed by atoms with Gasteiger partial charge in [0.15, 0.2) is 0 Å². The Bertz CT molecular complexity index is 507. The zero-order valence-electron chi connectivity index (χ0n) is 12.2. The Morgan fingerprint density at radius 3 is 2.75 bits per heavy atom. The maximum atomic E-state index is 5.16. The van der Waals surface area contributed by atoms with Gasteiger partial charge in [-0.05, 0) is 37.1 Å². The van der Waals surface area contributed by atoms with Gasteiger partial charge in [-0.3, -0.25) is 0 Å². The highest BCUT2D eigenvalue weighted by molar-refractivity contribution is 5.27. The van der Waals surface area contributed by atoms with Crippen LogP contribution in [0.5, 0.6) is 5.75 Å². The number of ether oxygens (including phenoxy) is 1. The highest BCUT2D eigenvalue weighted by Gasteiger charge is 2.04. The van der Waals surface area contributed by atoms with Crippen LogP contribution in [0.2, 0.25) is 0 Å². The van der Waals surface area contributed by atoms with Crippen LogP contribution < -0.4 is 10.1 Å². The number of aromatic nitrogens is 3. The van der Waals surface area contributed by atoms with E-state index in [1.807, 2.05) is 16.8 Å². The highest BCUT2D eigenvalue weighted by Crippen LogP contribution is 2.12. The van der Waals surface area contributed by atoms with Gasteiger partial charge in [0.25, 0.3) is 0 Å². The standard InChI is InChI=1S/C15H22N4O/c1-3-9-16-11-15-17-12-18-19(15)10-8-13-4-6-14(20-2)7-5-13/h4-7,12,16H,3,8-11H2,1-2H3. The molecule has 0 saturated carbocycles. The number of aryl methyl sites for hydroxylation is 2. The number of rotatable bonds is 8. The molecule has 0 unspecified atom stereocenters. The second-order valence-electron chi connectivity index (χ2n) is 4.67. The third-order valence-corrected chi connectivity index (χ3v) is 3.18. The van der Waals surface area contributed by atoms with Crippen molar-refractivity contribution in [2.45, 2.75) is 32.9 Å². The average molecular weight is 274 g/mol. The van der Waals surface area contributed by atoms with Crippen molar-refractivity contribution in [2.75, 3.05) is 13.7 Å². The van der Waals surface area contributed by atoms with Gasteiger partial charge >= 0.3 is 0 Å². The van der Waals surface area contributed by atoms with E-state index in [9.17, 15) is 0 Å². The maximum absolute atomic E-state index is 5.16.